The van der Waals surface area contributed by atoms with Crippen LogP contribution in [0.4, 0.5) is 9.18 Å². The van der Waals surface area contributed by atoms with Gasteiger partial charge in [-0.15, -0.1) is 0 Å². The number of carbonyl (C=O) groups is 2. The van der Waals surface area contributed by atoms with Gasteiger partial charge in [-0.3, -0.25) is 4.79 Å². The predicted molar refractivity (Wildman–Crippen MR) is 84.7 cm³/mol. The molecule has 2 rings (SSSR count). The van der Waals surface area contributed by atoms with Crippen LogP contribution in [0.2, 0.25) is 0 Å². The lowest BCUT2D eigenvalue weighted by atomic mass is 10.0. The van der Waals surface area contributed by atoms with E-state index in [1.54, 1.807) is 4.90 Å². The highest BCUT2D eigenvalue weighted by Gasteiger charge is 2.24. The Labute approximate surface area is 135 Å². The Morgan fingerprint density at radius 2 is 1.91 bits per heavy atom. The summed E-state index contributed by atoms with van der Waals surface area (Å²) in [5.74, 6) is -0.458. The Kier molecular flexibility index (Phi) is 6.38. The summed E-state index contributed by atoms with van der Waals surface area (Å²) in [5.41, 5.74) is 0.483. The average Bonchev–Trinajstić information content (AvgIpc) is 2.56. The first kappa shape index (κ1) is 17.2. The summed E-state index contributed by atoms with van der Waals surface area (Å²) in [6, 6.07) is 5.59. The highest BCUT2D eigenvalue weighted by molar-refractivity contribution is 5.94. The Morgan fingerprint density at radius 1 is 1.26 bits per heavy atom. The van der Waals surface area contributed by atoms with Gasteiger partial charge < -0.3 is 15.0 Å². The van der Waals surface area contributed by atoms with Crippen LogP contribution in [0, 0.1) is 5.82 Å². The molecule has 0 aromatic heterocycles. The highest BCUT2D eigenvalue weighted by atomic mass is 19.1. The predicted octanol–water partition coefficient (Wildman–Crippen LogP) is 2.96. The molecule has 0 unspecified atom stereocenters. The van der Waals surface area contributed by atoms with Crippen molar-refractivity contribution >= 4 is 12.0 Å². The van der Waals surface area contributed by atoms with Crippen molar-refractivity contribution in [3.8, 4) is 0 Å². The number of amides is 2. The van der Waals surface area contributed by atoms with Gasteiger partial charge in [0, 0.05) is 24.7 Å². The second kappa shape index (κ2) is 8.50. The lowest BCUT2D eigenvalue weighted by molar-refractivity contribution is 0.0701. The first-order chi connectivity index (χ1) is 11.1. The maximum atomic E-state index is 12.9. The average molecular weight is 322 g/mol. The van der Waals surface area contributed by atoms with Crippen LogP contribution < -0.4 is 5.32 Å². The summed E-state index contributed by atoms with van der Waals surface area (Å²) in [7, 11) is 0. The second-order valence-corrected chi connectivity index (χ2v) is 5.71. The summed E-state index contributed by atoms with van der Waals surface area (Å²) in [5, 5.41) is 2.84. The van der Waals surface area contributed by atoms with Crippen molar-refractivity contribution in [1.82, 2.24) is 10.2 Å². The standard InChI is InChI=1S/C17H23FN2O3/c1-2-3-12-23-17(22)19-15-8-10-20(11-9-15)16(21)13-4-6-14(18)7-5-13/h4-7,15H,2-3,8-12H2,1H3,(H,19,22). The minimum Gasteiger partial charge on any atom is -0.450 e. The number of hydrogen-bond donors (Lipinski definition) is 1. The fourth-order valence-corrected chi connectivity index (χ4v) is 2.52. The Hall–Kier alpha value is -2.11. The van der Waals surface area contributed by atoms with Gasteiger partial charge in [-0.2, -0.15) is 0 Å². The molecule has 0 saturated carbocycles. The number of hydrogen-bond acceptors (Lipinski definition) is 3. The van der Waals surface area contributed by atoms with Crippen molar-refractivity contribution in [3.63, 3.8) is 0 Å². The summed E-state index contributed by atoms with van der Waals surface area (Å²) >= 11 is 0. The van der Waals surface area contributed by atoms with E-state index in [9.17, 15) is 14.0 Å². The van der Waals surface area contributed by atoms with E-state index in [4.69, 9.17) is 4.74 Å². The number of nitrogens with zero attached hydrogens (tertiary/aromatic N) is 1. The van der Waals surface area contributed by atoms with Crippen molar-refractivity contribution in [2.24, 2.45) is 0 Å². The van der Waals surface area contributed by atoms with E-state index in [2.05, 4.69) is 5.32 Å². The van der Waals surface area contributed by atoms with Crippen molar-refractivity contribution in [3.05, 3.63) is 35.6 Å². The SMILES string of the molecule is CCCCOC(=O)NC1CCN(C(=O)c2ccc(F)cc2)CC1. The summed E-state index contributed by atoms with van der Waals surface area (Å²) in [4.78, 5) is 25.6. The molecule has 1 aliphatic rings. The molecular weight excluding hydrogens is 299 g/mol. The number of alkyl carbamates (subject to hydrolysis) is 1. The molecule has 126 valence electrons. The Bertz CT molecular complexity index is 525. The molecule has 1 saturated heterocycles. The molecule has 1 N–H and O–H groups in total. The van der Waals surface area contributed by atoms with Crippen LogP contribution in [0.1, 0.15) is 43.0 Å². The number of carbonyl (C=O) groups excluding carboxylic acids is 2. The van der Waals surface area contributed by atoms with E-state index in [1.807, 2.05) is 6.92 Å². The second-order valence-electron chi connectivity index (χ2n) is 5.71. The van der Waals surface area contributed by atoms with Crippen molar-refractivity contribution in [1.29, 1.82) is 0 Å². The van der Waals surface area contributed by atoms with E-state index in [-0.39, 0.29) is 23.9 Å². The fourth-order valence-electron chi connectivity index (χ4n) is 2.52. The van der Waals surface area contributed by atoms with Gasteiger partial charge in [0.1, 0.15) is 5.82 Å². The lowest BCUT2D eigenvalue weighted by Crippen LogP contribution is -2.46. The number of ether oxygens (including phenoxy) is 1. The third kappa shape index (κ3) is 5.23. The van der Waals surface area contributed by atoms with Gasteiger partial charge in [-0.25, -0.2) is 9.18 Å². The van der Waals surface area contributed by atoms with E-state index in [1.165, 1.54) is 24.3 Å². The van der Waals surface area contributed by atoms with Crippen LogP contribution >= 0.6 is 0 Å². The quantitative estimate of drug-likeness (QED) is 0.848. The largest absolute Gasteiger partial charge is 0.450 e. The van der Waals surface area contributed by atoms with E-state index in [0.29, 0.717) is 38.1 Å². The van der Waals surface area contributed by atoms with Gasteiger partial charge in [-0.1, -0.05) is 13.3 Å². The Morgan fingerprint density at radius 3 is 2.52 bits per heavy atom. The minimum absolute atomic E-state index is 0.0291. The molecular formula is C17H23FN2O3. The molecule has 23 heavy (non-hydrogen) atoms. The van der Waals surface area contributed by atoms with Crippen LogP contribution in [0.25, 0.3) is 0 Å². The van der Waals surface area contributed by atoms with Crippen molar-refractivity contribution in [2.45, 2.75) is 38.6 Å². The molecule has 1 aromatic rings. The molecule has 6 heteroatoms. The first-order valence-corrected chi connectivity index (χ1v) is 8.08. The monoisotopic (exact) mass is 322 g/mol. The zero-order valence-electron chi connectivity index (χ0n) is 13.4. The molecule has 1 fully saturated rings. The van der Waals surface area contributed by atoms with Crippen LogP contribution in [0.3, 0.4) is 0 Å². The first-order valence-electron chi connectivity index (χ1n) is 8.08. The van der Waals surface area contributed by atoms with Gasteiger partial charge >= 0.3 is 6.09 Å². The topological polar surface area (TPSA) is 58.6 Å². The zero-order valence-corrected chi connectivity index (χ0v) is 13.4. The lowest BCUT2D eigenvalue weighted by Gasteiger charge is -2.32. The molecule has 2 amide bonds. The van der Waals surface area contributed by atoms with Gasteiger partial charge in [0.2, 0.25) is 0 Å². The molecule has 0 atom stereocenters. The molecule has 0 bridgehead atoms. The molecule has 0 spiro atoms. The minimum atomic E-state index is -0.387. The van der Waals surface area contributed by atoms with Crippen LogP contribution in [0.5, 0.6) is 0 Å². The Balaban J connectivity index is 1.76. The molecule has 1 heterocycles. The molecule has 0 radical (unpaired) electrons. The third-order valence-corrected chi connectivity index (χ3v) is 3.93. The van der Waals surface area contributed by atoms with Crippen molar-refractivity contribution in [2.75, 3.05) is 19.7 Å². The maximum absolute atomic E-state index is 12.9. The van der Waals surface area contributed by atoms with E-state index in [0.717, 1.165) is 12.8 Å². The van der Waals surface area contributed by atoms with Crippen LogP contribution in [-0.2, 0) is 4.74 Å². The number of nitrogens with one attached hydrogen (secondary N) is 1. The summed E-state index contributed by atoms with van der Waals surface area (Å²) < 4.78 is 18.0. The molecule has 0 aliphatic carbocycles. The summed E-state index contributed by atoms with van der Waals surface area (Å²) in [6.07, 6.45) is 2.84. The van der Waals surface area contributed by atoms with Crippen LogP contribution in [0.15, 0.2) is 24.3 Å². The van der Waals surface area contributed by atoms with Gasteiger partial charge in [0.15, 0.2) is 0 Å². The highest BCUT2D eigenvalue weighted by Crippen LogP contribution is 2.14. The molecule has 5 nitrogen and oxygen atoms in total. The van der Waals surface area contributed by atoms with E-state index < -0.39 is 0 Å². The third-order valence-electron chi connectivity index (χ3n) is 3.93. The number of likely N-dealkylation sites (tertiary alicyclic amines) is 1. The number of benzene rings is 1. The number of unbranched alkanes of at least 4 members (excludes halogenated alkanes) is 1. The van der Waals surface area contributed by atoms with Crippen LogP contribution in [-0.4, -0.2) is 42.6 Å². The fraction of sp³-hybridized carbons (Fsp3) is 0.529. The number of halogens is 1. The number of rotatable bonds is 5. The maximum Gasteiger partial charge on any atom is 0.407 e. The van der Waals surface area contributed by atoms with Crippen molar-refractivity contribution < 1.29 is 18.7 Å². The normalized spacial score (nSPS) is 15.3. The smallest absolute Gasteiger partial charge is 0.407 e. The molecule has 1 aliphatic heterocycles. The number of piperidine rings is 1. The summed E-state index contributed by atoms with van der Waals surface area (Å²) in [6.45, 7) is 3.60. The van der Waals surface area contributed by atoms with Gasteiger partial charge in [0.25, 0.3) is 5.91 Å². The van der Waals surface area contributed by atoms with Gasteiger partial charge in [-0.05, 0) is 43.5 Å². The molecule has 1 aromatic carbocycles. The zero-order chi connectivity index (χ0) is 16.7. The van der Waals surface area contributed by atoms with E-state index >= 15 is 0 Å². The van der Waals surface area contributed by atoms with Gasteiger partial charge in [0.05, 0.1) is 6.61 Å².